The molecule has 0 atom stereocenters. The quantitative estimate of drug-likeness (QED) is 0.261. The molecule has 0 aromatic heterocycles. The molecule has 1 rings (SSSR count). The van der Waals surface area contributed by atoms with Crippen molar-refractivity contribution in [3.05, 3.63) is 33.9 Å². The van der Waals surface area contributed by atoms with Crippen molar-refractivity contribution in [3.63, 3.8) is 0 Å². The van der Waals surface area contributed by atoms with Gasteiger partial charge in [-0.05, 0) is 18.6 Å². The molecule has 0 spiro atoms. The van der Waals surface area contributed by atoms with Crippen molar-refractivity contribution in [1.82, 2.24) is 0 Å². The van der Waals surface area contributed by atoms with Gasteiger partial charge in [0.15, 0.2) is 0 Å². The Morgan fingerprint density at radius 3 is 2.44 bits per heavy atom. The number of benzene rings is 1. The maximum Gasteiger partial charge on any atom is 0.555 e. The molecule has 0 bridgehead atoms. The fourth-order valence-corrected chi connectivity index (χ4v) is 1.06. The molecule has 0 amide bonds. The average Bonchev–Trinajstić information content (AvgIpc) is 2.29. The first kappa shape index (κ1) is 13.4. The minimum absolute atomic E-state index is 0.0674. The van der Waals surface area contributed by atoms with Gasteiger partial charge in [-0.1, -0.05) is 0 Å². The zero-order chi connectivity index (χ0) is 13.7. The summed E-state index contributed by atoms with van der Waals surface area (Å²) in [5.41, 5.74) is 0.233. The van der Waals surface area contributed by atoms with E-state index in [-0.39, 0.29) is 11.4 Å². The monoisotopic (exact) mass is 255 g/mol. The molecule has 0 heterocycles. The second-order valence-electron chi connectivity index (χ2n) is 3.22. The lowest BCUT2D eigenvalue weighted by molar-refractivity contribution is -0.384. The Hall–Kier alpha value is -2.64. The number of rotatable bonds is 2. The van der Waals surface area contributed by atoms with Crippen LogP contribution in [0, 0.1) is 17.0 Å². The molecular weight excluding hydrogens is 246 g/mol. The molecule has 0 radical (unpaired) electrons. The van der Waals surface area contributed by atoms with E-state index in [0.29, 0.717) is 5.56 Å². The molecule has 8 nitrogen and oxygen atoms in total. The number of ether oxygens (including phenoxy) is 1. The normalized spacial score (nSPS) is 9.44. The van der Waals surface area contributed by atoms with Gasteiger partial charge in [0.2, 0.25) is 0 Å². The molecule has 0 aliphatic carbocycles. The Morgan fingerprint density at radius 2 is 1.94 bits per heavy atom. The molecule has 0 fully saturated rings. The van der Waals surface area contributed by atoms with E-state index in [9.17, 15) is 19.7 Å². The van der Waals surface area contributed by atoms with Crippen molar-refractivity contribution in [2.24, 2.45) is 0 Å². The Balaban J connectivity index is 2.70. The SMILES string of the molecule is CC(=O)OOC(=O)Oc1ccc([N+](=O)[O-])cc1C. The summed E-state index contributed by atoms with van der Waals surface area (Å²) in [6.07, 6.45) is -1.25. The number of hydrogen-bond donors (Lipinski definition) is 0. The molecule has 1 aromatic carbocycles. The fourth-order valence-electron chi connectivity index (χ4n) is 1.06. The molecule has 0 saturated heterocycles. The molecule has 0 N–H and O–H groups in total. The second-order valence-corrected chi connectivity index (χ2v) is 3.22. The molecule has 96 valence electrons. The number of nitro benzene ring substituents is 1. The van der Waals surface area contributed by atoms with Crippen LogP contribution in [0.2, 0.25) is 0 Å². The van der Waals surface area contributed by atoms with E-state index in [0.717, 1.165) is 6.92 Å². The number of non-ortho nitro benzene ring substituents is 1. The summed E-state index contributed by atoms with van der Waals surface area (Å²) in [5, 5.41) is 10.5. The minimum atomic E-state index is -1.25. The van der Waals surface area contributed by atoms with Crippen LogP contribution >= 0.6 is 0 Å². The first-order valence-electron chi connectivity index (χ1n) is 4.72. The highest BCUT2D eigenvalue weighted by atomic mass is 17.2. The van der Waals surface area contributed by atoms with Crippen molar-refractivity contribution < 1.29 is 29.0 Å². The van der Waals surface area contributed by atoms with Crippen LogP contribution in [0.5, 0.6) is 5.75 Å². The summed E-state index contributed by atoms with van der Waals surface area (Å²) in [6.45, 7) is 2.56. The van der Waals surface area contributed by atoms with Gasteiger partial charge in [-0.25, -0.2) is 14.6 Å². The van der Waals surface area contributed by atoms with Crippen molar-refractivity contribution in [2.45, 2.75) is 13.8 Å². The van der Waals surface area contributed by atoms with Crippen LogP contribution in [0.3, 0.4) is 0 Å². The highest BCUT2D eigenvalue weighted by Crippen LogP contribution is 2.23. The summed E-state index contributed by atoms with van der Waals surface area (Å²) in [4.78, 5) is 39.2. The van der Waals surface area contributed by atoms with E-state index < -0.39 is 17.0 Å². The van der Waals surface area contributed by atoms with Crippen LogP contribution in [0.1, 0.15) is 12.5 Å². The summed E-state index contributed by atoms with van der Waals surface area (Å²) in [5.74, 6) is -0.745. The van der Waals surface area contributed by atoms with E-state index in [4.69, 9.17) is 0 Å². The molecular formula is C10H9NO7. The molecule has 18 heavy (non-hydrogen) atoms. The van der Waals surface area contributed by atoms with Gasteiger partial charge < -0.3 is 4.74 Å². The van der Waals surface area contributed by atoms with Crippen LogP contribution in [-0.2, 0) is 14.6 Å². The highest BCUT2D eigenvalue weighted by Gasteiger charge is 2.14. The number of carbonyl (C=O) groups excluding carboxylic acids is 2. The Morgan fingerprint density at radius 1 is 1.28 bits per heavy atom. The van der Waals surface area contributed by atoms with Crippen molar-refractivity contribution >= 4 is 17.8 Å². The molecule has 0 aliphatic rings. The van der Waals surface area contributed by atoms with E-state index in [1.165, 1.54) is 25.1 Å². The van der Waals surface area contributed by atoms with Gasteiger partial charge in [0.25, 0.3) is 5.69 Å². The van der Waals surface area contributed by atoms with E-state index in [2.05, 4.69) is 14.5 Å². The molecule has 0 unspecified atom stereocenters. The number of hydrogen-bond acceptors (Lipinski definition) is 7. The van der Waals surface area contributed by atoms with E-state index in [1.807, 2.05) is 0 Å². The lowest BCUT2D eigenvalue weighted by Gasteiger charge is -2.05. The van der Waals surface area contributed by atoms with Gasteiger partial charge in [-0.2, -0.15) is 4.79 Å². The van der Waals surface area contributed by atoms with Gasteiger partial charge >= 0.3 is 12.1 Å². The number of nitro groups is 1. The maximum atomic E-state index is 11.0. The number of nitrogens with zero attached hydrogens (tertiary/aromatic N) is 1. The van der Waals surface area contributed by atoms with Crippen LogP contribution in [0.25, 0.3) is 0 Å². The molecule has 1 aromatic rings. The Bertz CT molecular complexity index is 497. The van der Waals surface area contributed by atoms with Crippen LogP contribution in [0.4, 0.5) is 10.5 Å². The van der Waals surface area contributed by atoms with Crippen molar-refractivity contribution in [3.8, 4) is 5.75 Å². The number of carbonyl (C=O) groups is 2. The topological polar surface area (TPSA) is 105 Å². The van der Waals surface area contributed by atoms with Gasteiger partial charge in [-0.3, -0.25) is 10.1 Å². The second kappa shape index (κ2) is 5.62. The van der Waals surface area contributed by atoms with Crippen molar-refractivity contribution in [2.75, 3.05) is 0 Å². The zero-order valence-electron chi connectivity index (χ0n) is 9.54. The van der Waals surface area contributed by atoms with Crippen LogP contribution in [-0.4, -0.2) is 17.0 Å². The van der Waals surface area contributed by atoms with Gasteiger partial charge in [0.1, 0.15) is 5.75 Å². The maximum absolute atomic E-state index is 11.0. The van der Waals surface area contributed by atoms with E-state index in [1.54, 1.807) is 0 Å². The zero-order valence-corrected chi connectivity index (χ0v) is 9.54. The first-order chi connectivity index (χ1) is 8.40. The molecule has 0 saturated carbocycles. The highest BCUT2D eigenvalue weighted by molar-refractivity contribution is 5.68. The lowest BCUT2D eigenvalue weighted by atomic mass is 10.2. The smallest absolute Gasteiger partial charge is 0.392 e. The summed E-state index contributed by atoms with van der Waals surface area (Å²) in [6, 6.07) is 3.64. The third-order valence-electron chi connectivity index (χ3n) is 1.79. The summed E-state index contributed by atoms with van der Waals surface area (Å²) < 4.78 is 4.67. The Kier molecular flexibility index (Phi) is 4.19. The standard InChI is InChI=1S/C10H9NO7/c1-6-5-8(11(14)15)3-4-9(6)16-10(13)18-17-7(2)12/h3-5H,1-2H3. The minimum Gasteiger partial charge on any atom is -0.392 e. The predicted octanol–water partition coefficient (Wildman–Crippen LogP) is 1.90. The first-order valence-corrected chi connectivity index (χ1v) is 4.72. The molecule has 8 heteroatoms. The number of aryl methyl sites for hydroxylation is 1. The van der Waals surface area contributed by atoms with Crippen LogP contribution in [0.15, 0.2) is 18.2 Å². The summed E-state index contributed by atoms with van der Waals surface area (Å²) in [7, 11) is 0. The van der Waals surface area contributed by atoms with Gasteiger partial charge in [-0.15, -0.1) is 0 Å². The third kappa shape index (κ3) is 3.74. The predicted molar refractivity (Wildman–Crippen MR) is 56.7 cm³/mol. The van der Waals surface area contributed by atoms with E-state index >= 15 is 0 Å². The summed E-state index contributed by atoms with van der Waals surface area (Å²) >= 11 is 0. The van der Waals surface area contributed by atoms with Crippen LogP contribution < -0.4 is 4.74 Å². The largest absolute Gasteiger partial charge is 0.555 e. The van der Waals surface area contributed by atoms with Gasteiger partial charge in [0.05, 0.1) is 4.92 Å². The fraction of sp³-hybridized carbons (Fsp3) is 0.200. The Labute approximate surface area is 101 Å². The average molecular weight is 255 g/mol. The molecule has 0 aliphatic heterocycles. The van der Waals surface area contributed by atoms with Gasteiger partial charge in [0, 0.05) is 19.1 Å². The third-order valence-corrected chi connectivity index (χ3v) is 1.79. The lowest BCUT2D eigenvalue weighted by Crippen LogP contribution is -2.13. The van der Waals surface area contributed by atoms with Crippen molar-refractivity contribution in [1.29, 1.82) is 0 Å².